The van der Waals surface area contributed by atoms with Crippen molar-refractivity contribution in [1.82, 2.24) is 19.1 Å². The number of hydrogen-bond acceptors (Lipinski definition) is 5. The van der Waals surface area contributed by atoms with Crippen LogP contribution in [0.2, 0.25) is 0 Å². The fourth-order valence-electron chi connectivity index (χ4n) is 3.40. The smallest absolute Gasteiger partial charge is 0.213 e. The van der Waals surface area contributed by atoms with E-state index in [2.05, 4.69) is 10.2 Å². The third kappa shape index (κ3) is 3.67. The van der Waals surface area contributed by atoms with Gasteiger partial charge in [-0.15, -0.1) is 0 Å². The Hall–Kier alpha value is -0.770. The molecule has 3 rings (SSSR count). The van der Waals surface area contributed by atoms with Gasteiger partial charge in [-0.25, -0.2) is 12.7 Å². The van der Waals surface area contributed by atoms with E-state index in [0.717, 1.165) is 38.1 Å². The molecule has 0 unspecified atom stereocenters. The lowest BCUT2D eigenvalue weighted by molar-refractivity contribution is 0.0952. The number of nitrogens with one attached hydrogen (secondary N) is 1. The maximum absolute atomic E-state index is 12.2. The van der Waals surface area contributed by atoms with Crippen molar-refractivity contribution < 1.29 is 13.2 Å². The second-order valence-electron chi connectivity index (χ2n) is 6.23. The topological polar surface area (TPSA) is 80.2 Å². The van der Waals surface area contributed by atoms with Crippen molar-refractivity contribution in [2.75, 3.05) is 25.4 Å². The summed E-state index contributed by atoms with van der Waals surface area (Å²) in [6.07, 6.45) is 4.08. The molecule has 0 aliphatic carbocycles. The molecule has 9 heteroatoms. The Balaban J connectivity index is 1.79. The van der Waals surface area contributed by atoms with Gasteiger partial charge in [-0.3, -0.25) is 5.10 Å². The van der Waals surface area contributed by atoms with Crippen molar-refractivity contribution in [3.63, 3.8) is 0 Å². The Labute approximate surface area is 142 Å². The number of H-pyrrole nitrogens is 1. The zero-order chi connectivity index (χ0) is 16.4. The first-order valence-electron chi connectivity index (χ1n) is 8.25. The summed E-state index contributed by atoms with van der Waals surface area (Å²) in [7, 11) is -3.16. The van der Waals surface area contributed by atoms with Crippen LogP contribution in [0.3, 0.4) is 0 Å². The summed E-state index contributed by atoms with van der Waals surface area (Å²) < 4.78 is 34.2. The molecule has 0 saturated carbocycles. The van der Waals surface area contributed by atoms with Gasteiger partial charge >= 0.3 is 0 Å². The molecule has 2 aliphatic rings. The predicted molar refractivity (Wildman–Crippen MR) is 89.4 cm³/mol. The summed E-state index contributed by atoms with van der Waals surface area (Å²) in [4.78, 5) is 0. The number of sulfonamides is 1. The molecule has 3 heterocycles. The van der Waals surface area contributed by atoms with Gasteiger partial charge in [0.15, 0.2) is 4.77 Å². The van der Waals surface area contributed by atoms with Crippen molar-refractivity contribution in [3.05, 3.63) is 10.6 Å². The molecule has 2 saturated heterocycles. The maximum Gasteiger partial charge on any atom is 0.213 e. The molecular formula is C14H24N4O3S2. The van der Waals surface area contributed by atoms with Gasteiger partial charge in [0.05, 0.1) is 18.4 Å². The third-order valence-electron chi connectivity index (χ3n) is 4.71. The molecule has 0 aromatic carbocycles. The van der Waals surface area contributed by atoms with Gasteiger partial charge in [0, 0.05) is 25.6 Å². The third-order valence-corrected chi connectivity index (χ3v) is 6.87. The summed E-state index contributed by atoms with van der Waals surface area (Å²) >= 11 is 5.36. The zero-order valence-electron chi connectivity index (χ0n) is 13.4. The molecule has 0 amide bonds. The first-order chi connectivity index (χ1) is 11.0. The quantitative estimate of drug-likeness (QED) is 0.808. The van der Waals surface area contributed by atoms with Crippen LogP contribution >= 0.6 is 12.2 Å². The SMILES string of the molecule is CCS(=O)(=O)N1CCC[C@@H](c2n[nH]c(=S)n2C[C@@H]2CCCO2)C1. The van der Waals surface area contributed by atoms with Gasteiger partial charge < -0.3 is 9.30 Å². The van der Waals surface area contributed by atoms with E-state index in [0.29, 0.717) is 24.4 Å². The molecular weight excluding hydrogens is 336 g/mol. The number of aromatic amines is 1. The second kappa shape index (κ2) is 7.00. The van der Waals surface area contributed by atoms with E-state index in [4.69, 9.17) is 17.0 Å². The Morgan fingerprint density at radius 1 is 1.39 bits per heavy atom. The lowest BCUT2D eigenvalue weighted by Gasteiger charge is -2.31. The minimum absolute atomic E-state index is 0.0828. The minimum atomic E-state index is -3.16. The molecule has 0 spiro atoms. The minimum Gasteiger partial charge on any atom is -0.376 e. The van der Waals surface area contributed by atoms with E-state index in [-0.39, 0.29) is 17.8 Å². The Morgan fingerprint density at radius 2 is 2.22 bits per heavy atom. The van der Waals surface area contributed by atoms with Gasteiger partial charge in [0.2, 0.25) is 10.0 Å². The van der Waals surface area contributed by atoms with E-state index in [9.17, 15) is 8.42 Å². The molecule has 7 nitrogen and oxygen atoms in total. The highest BCUT2D eigenvalue weighted by Gasteiger charge is 2.31. The standard InChI is InChI=1S/C14H24N4O3S2/c1-2-23(19,20)17-7-3-5-11(9-17)13-15-16-14(22)18(13)10-12-6-4-8-21-12/h11-12H,2-10H2,1H3,(H,16,22)/t11-,12+/m1/s1. The summed E-state index contributed by atoms with van der Waals surface area (Å²) in [6.45, 7) is 4.27. The largest absolute Gasteiger partial charge is 0.376 e. The number of piperidine rings is 1. The molecule has 23 heavy (non-hydrogen) atoms. The second-order valence-corrected chi connectivity index (χ2v) is 8.87. The zero-order valence-corrected chi connectivity index (χ0v) is 15.0. The molecule has 2 fully saturated rings. The molecule has 1 aromatic rings. The van der Waals surface area contributed by atoms with Gasteiger partial charge in [-0.2, -0.15) is 5.10 Å². The van der Waals surface area contributed by atoms with Crippen molar-refractivity contribution in [1.29, 1.82) is 0 Å². The fourth-order valence-corrected chi connectivity index (χ4v) is 4.79. The van der Waals surface area contributed by atoms with E-state index < -0.39 is 10.0 Å². The van der Waals surface area contributed by atoms with Crippen LogP contribution in [-0.4, -0.2) is 59.0 Å². The highest BCUT2D eigenvalue weighted by Crippen LogP contribution is 2.28. The van der Waals surface area contributed by atoms with Crippen molar-refractivity contribution in [2.24, 2.45) is 0 Å². The normalized spacial score (nSPS) is 26.7. The average Bonchev–Trinajstić information content (AvgIpc) is 3.19. The summed E-state index contributed by atoms with van der Waals surface area (Å²) in [5.41, 5.74) is 0. The number of hydrogen-bond donors (Lipinski definition) is 1. The van der Waals surface area contributed by atoms with E-state index in [1.165, 1.54) is 0 Å². The van der Waals surface area contributed by atoms with Gasteiger partial charge in [-0.05, 0) is 44.8 Å². The van der Waals surface area contributed by atoms with Crippen molar-refractivity contribution >= 4 is 22.2 Å². The fraction of sp³-hybridized carbons (Fsp3) is 0.857. The maximum atomic E-state index is 12.2. The molecule has 0 radical (unpaired) electrons. The van der Waals surface area contributed by atoms with Crippen molar-refractivity contribution in [2.45, 2.75) is 51.2 Å². The Kier molecular flexibility index (Phi) is 5.19. The van der Waals surface area contributed by atoms with Gasteiger partial charge in [0.25, 0.3) is 0 Å². The molecule has 130 valence electrons. The lowest BCUT2D eigenvalue weighted by atomic mass is 9.98. The lowest BCUT2D eigenvalue weighted by Crippen LogP contribution is -2.40. The number of nitrogens with zero attached hydrogens (tertiary/aromatic N) is 3. The molecule has 1 N–H and O–H groups in total. The van der Waals surface area contributed by atoms with Crippen LogP contribution in [0.1, 0.15) is 44.3 Å². The van der Waals surface area contributed by atoms with Crippen LogP contribution in [0, 0.1) is 4.77 Å². The number of rotatable bonds is 5. The Morgan fingerprint density at radius 3 is 2.91 bits per heavy atom. The average molecular weight is 361 g/mol. The van der Waals surface area contributed by atoms with E-state index >= 15 is 0 Å². The van der Waals surface area contributed by atoms with Crippen LogP contribution in [0.15, 0.2) is 0 Å². The molecule has 1 aromatic heterocycles. The van der Waals surface area contributed by atoms with Crippen LogP contribution in [0.4, 0.5) is 0 Å². The van der Waals surface area contributed by atoms with Crippen molar-refractivity contribution in [3.8, 4) is 0 Å². The van der Waals surface area contributed by atoms with Crippen LogP contribution in [0.25, 0.3) is 0 Å². The highest BCUT2D eigenvalue weighted by molar-refractivity contribution is 7.89. The molecule has 0 bridgehead atoms. The summed E-state index contributed by atoms with van der Waals surface area (Å²) in [5, 5.41) is 7.26. The van der Waals surface area contributed by atoms with Crippen LogP contribution < -0.4 is 0 Å². The first kappa shape index (κ1) is 17.1. The Bertz CT molecular complexity index is 691. The highest BCUT2D eigenvalue weighted by atomic mass is 32.2. The van der Waals surface area contributed by atoms with E-state index in [1.807, 2.05) is 4.57 Å². The summed E-state index contributed by atoms with van der Waals surface area (Å²) in [5.74, 6) is 1.09. The van der Waals surface area contributed by atoms with Crippen LogP contribution in [0.5, 0.6) is 0 Å². The molecule has 2 atom stereocenters. The van der Waals surface area contributed by atoms with E-state index in [1.54, 1.807) is 11.2 Å². The summed E-state index contributed by atoms with van der Waals surface area (Å²) in [6, 6.07) is 0. The predicted octanol–water partition coefficient (Wildman–Crippen LogP) is 1.65. The van der Waals surface area contributed by atoms with Gasteiger partial charge in [0.1, 0.15) is 5.82 Å². The molecule has 2 aliphatic heterocycles. The van der Waals surface area contributed by atoms with Gasteiger partial charge in [-0.1, -0.05) is 0 Å². The first-order valence-corrected chi connectivity index (χ1v) is 10.3. The number of aromatic nitrogens is 3. The number of ether oxygens (including phenoxy) is 1. The monoisotopic (exact) mass is 360 g/mol. The van der Waals surface area contributed by atoms with Crippen LogP contribution in [-0.2, 0) is 21.3 Å².